The van der Waals surface area contributed by atoms with Crippen molar-refractivity contribution in [3.63, 3.8) is 0 Å². The molecule has 0 radical (unpaired) electrons. The van der Waals surface area contributed by atoms with Crippen molar-refractivity contribution in [2.24, 2.45) is 0 Å². The van der Waals surface area contributed by atoms with Gasteiger partial charge in [0.15, 0.2) is 6.23 Å². The Morgan fingerprint density at radius 3 is 2.60 bits per heavy atom. The second-order valence-corrected chi connectivity index (χ2v) is 7.69. The summed E-state index contributed by atoms with van der Waals surface area (Å²) in [5.41, 5.74) is 2.13. The Bertz CT molecular complexity index is 785. The lowest BCUT2D eigenvalue weighted by Gasteiger charge is -2.16. The van der Waals surface area contributed by atoms with Gasteiger partial charge in [0.25, 0.3) is 0 Å². The largest absolute Gasteiger partial charge is 0.399 e. The highest BCUT2D eigenvalue weighted by molar-refractivity contribution is 7.98. The first-order valence-corrected chi connectivity index (χ1v) is 10.6. The van der Waals surface area contributed by atoms with E-state index in [9.17, 15) is 8.42 Å². The second kappa shape index (κ2) is 8.84. The van der Waals surface area contributed by atoms with E-state index >= 15 is 0 Å². The SMILES string of the molecule is CSc1ccn(C(CCCCCn2nc(C)cc2C)OS(=O)(=O)O)n1. The van der Waals surface area contributed by atoms with Gasteiger partial charge >= 0.3 is 10.4 Å². The first kappa shape index (κ1) is 20.0. The topological polar surface area (TPSA) is 99.2 Å². The van der Waals surface area contributed by atoms with E-state index in [0.29, 0.717) is 6.42 Å². The van der Waals surface area contributed by atoms with Crippen LogP contribution in [0.5, 0.6) is 0 Å². The maximum atomic E-state index is 11.1. The van der Waals surface area contributed by atoms with E-state index in [1.165, 1.54) is 16.4 Å². The maximum Gasteiger partial charge on any atom is 0.399 e. The van der Waals surface area contributed by atoms with Crippen LogP contribution in [0.3, 0.4) is 0 Å². The molecule has 2 heterocycles. The fourth-order valence-corrected chi connectivity index (χ4v) is 3.45. The van der Waals surface area contributed by atoms with Crippen molar-refractivity contribution in [2.45, 2.75) is 57.3 Å². The van der Waals surface area contributed by atoms with Crippen molar-refractivity contribution in [1.29, 1.82) is 0 Å². The van der Waals surface area contributed by atoms with E-state index in [1.54, 1.807) is 12.3 Å². The van der Waals surface area contributed by atoms with Crippen LogP contribution in [-0.4, -0.2) is 38.8 Å². The summed E-state index contributed by atoms with van der Waals surface area (Å²) >= 11 is 1.45. The molecule has 0 amide bonds. The van der Waals surface area contributed by atoms with Gasteiger partial charge in [0.2, 0.25) is 0 Å². The van der Waals surface area contributed by atoms with Crippen molar-refractivity contribution in [1.82, 2.24) is 19.6 Å². The van der Waals surface area contributed by atoms with Gasteiger partial charge in [-0.1, -0.05) is 6.42 Å². The second-order valence-electron chi connectivity index (χ2n) is 5.82. The predicted molar refractivity (Wildman–Crippen MR) is 95.8 cm³/mol. The van der Waals surface area contributed by atoms with Crippen molar-refractivity contribution in [3.05, 3.63) is 29.7 Å². The van der Waals surface area contributed by atoms with Gasteiger partial charge in [-0.05, 0) is 51.5 Å². The van der Waals surface area contributed by atoms with E-state index < -0.39 is 16.6 Å². The Kier molecular flexibility index (Phi) is 7.05. The molecule has 10 heteroatoms. The third kappa shape index (κ3) is 6.46. The summed E-state index contributed by atoms with van der Waals surface area (Å²) in [4.78, 5) is 0. The molecule has 2 rings (SSSR count). The summed E-state index contributed by atoms with van der Waals surface area (Å²) in [5.74, 6) is 0. The summed E-state index contributed by atoms with van der Waals surface area (Å²) in [6.07, 6.45) is 5.68. The van der Waals surface area contributed by atoms with E-state index in [0.717, 1.165) is 42.2 Å². The van der Waals surface area contributed by atoms with Crippen molar-refractivity contribution in [3.8, 4) is 0 Å². The molecule has 140 valence electrons. The van der Waals surface area contributed by atoms with E-state index in [2.05, 4.69) is 10.2 Å². The van der Waals surface area contributed by atoms with Crippen LogP contribution in [0.4, 0.5) is 0 Å². The highest BCUT2D eigenvalue weighted by Crippen LogP contribution is 2.21. The number of aryl methyl sites for hydroxylation is 3. The summed E-state index contributed by atoms with van der Waals surface area (Å²) in [7, 11) is -4.54. The minimum absolute atomic E-state index is 0.437. The first-order valence-electron chi connectivity index (χ1n) is 8.04. The molecule has 25 heavy (non-hydrogen) atoms. The fourth-order valence-electron chi connectivity index (χ4n) is 2.61. The third-order valence-corrected chi connectivity index (χ3v) is 4.85. The van der Waals surface area contributed by atoms with Crippen LogP contribution in [-0.2, 0) is 21.1 Å². The third-order valence-electron chi connectivity index (χ3n) is 3.75. The maximum absolute atomic E-state index is 11.1. The molecule has 2 aromatic rings. The first-order chi connectivity index (χ1) is 11.8. The zero-order valence-electron chi connectivity index (χ0n) is 14.6. The average molecular weight is 389 g/mol. The molecule has 2 aromatic heterocycles. The molecule has 0 bridgehead atoms. The number of hydrogen-bond acceptors (Lipinski definition) is 6. The monoisotopic (exact) mass is 388 g/mol. The Morgan fingerprint density at radius 2 is 2.04 bits per heavy atom. The molecule has 1 N–H and O–H groups in total. The van der Waals surface area contributed by atoms with Crippen molar-refractivity contribution >= 4 is 22.2 Å². The predicted octanol–water partition coefficient (Wildman–Crippen LogP) is 3.00. The Balaban J connectivity index is 1.85. The molecule has 0 aliphatic rings. The molecular weight excluding hydrogens is 364 g/mol. The fraction of sp³-hybridized carbons (Fsp3) is 0.600. The van der Waals surface area contributed by atoms with Crippen LogP contribution in [0, 0.1) is 13.8 Å². The molecule has 1 unspecified atom stereocenters. The number of hydrogen-bond donors (Lipinski definition) is 1. The molecule has 0 saturated heterocycles. The summed E-state index contributed by atoms with van der Waals surface area (Å²) in [5, 5.41) is 9.41. The van der Waals surface area contributed by atoms with Gasteiger partial charge in [-0.3, -0.25) is 9.23 Å². The highest BCUT2D eigenvalue weighted by Gasteiger charge is 2.19. The lowest BCUT2D eigenvalue weighted by atomic mass is 10.2. The quantitative estimate of drug-likeness (QED) is 0.379. The van der Waals surface area contributed by atoms with Crippen LogP contribution < -0.4 is 0 Å². The lowest BCUT2D eigenvalue weighted by Crippen LogP contribution is -2.18. The number of unbranched alkanes of at least 4 members (excludes halogenated alkanes) is 2. The molecular formula is C15H24N4O4S2. The molecule has 0 fully saturated rings. The van der Waals surface area contributed by atoms with Gasteiger partial charge in [-0.15, -0.1) is 11.8 Å². The number of nitrogens with zero attached hydrogens (tertiary/aromatic N) is 4. The molecule has 0 spiro atoms. The summed E-state index contributed by atoms with van der Waals surface area (Å²) < 4.78 is 39.3. The van der Waals surface area contributed by atoms with E-state index in [1.807, 2.05) is 30.9 Å². The molecule has 1 atom stereocenters. The van der Waals surface area contributed by atoms with E-state index in [4.69, 9.17) is 8.74 Å². The Hall–Kier alpha value is -1.36. The van der Waals surface area contributed by atoms with Crippen LogP contribution >= 0.6 is 11.8 Å². The lowest BCUT2D eigenvalue weighted by molar-refractivity contribution is 0.0950. The molecule has 8 nitrogen and oxygen atoms in total. The smallest absolute Gasteiger partial charge is 0.270 e. The van der Waals surface area contributed by atoms with E-state index in [-0.39, 0.29) is 0 Å². The van der Waals surface area contributed by atoms with Crippen LogP contribution in [0.1, 0.15) is 43.3 Å². The van der Waals surface area contributed by atoms with Gasteiger partial charge in [-0.2, -0.15) is 18.6 Å². The average Bonchev–Trinajstić information content (AvgIpc) is 3.11. The summed E-state index contributed by atoms with van der Waals surface area (Å²) in [6.45, 7) is 4.81. The molecule has 0 aliphatic heterocycles. The van der Waals surface area contributed by atoms with Gasteiger partial charge in [0.1, 0.15) is 5.03 Å². The standard InChI is InChI=1S/C15H24N4O4S2/c1-12-11-13(2)18(16-12)9-6-4-5-7-15(23-25(20,21)22)19-10-8-14(17-19)24-3/h8,10-11,15H,4-7,9H2,1-3H3,(H,20,21,22). The van der Waals surface area contributed by atoms with Gasteiger partial charge < -0.3 is 0 Å². The summed E-state index contributed by atoms with van der Waals surface area (Å²) in [6, 6.07) is 3.81. The number of rotatable bonds is 10. The van der Waals surface area contributed by atoms with Crippen LogP contribution in [0.25, 0.3) is 0 Å². The van der Waals surface area contributed by atoms with Gasteiger partial charge in [0.05, 0.1) is 5.69 Å². The Morgan fingerprint density at radius 1 is 1.28 bits per heavy atom. The number of aromatic nitrogens is 4. The molecule has 0 aromatic carbocycles. The molecule has 0 aliphatic carbocycles. The zero-order chi connectivity index (χ0) is 18.4. The normalized spacial score (nSPS) is 13.3. The number of thioether (sulfide) groups is 1. The van der Waals surface area contributed by atoms with Crippen molar-refractivity contribution < 1.29 is 17.2 Å². The molecule has 0 saturated carbocycles. The van der Waals surface area contributed by atoms with Crippen LogP contribution in [0.2, 0.25) is 0 Å². The zero-order valence-corrected chi connectivity index (χ0v) is 16.3. The highest BCUT2D eigenvalue weighted by atomic mass is 32.3. The minimum atomic E-state index is -4.54. The van der Waals surface area contributed by atoms with Gasteiger partial charge in [0, 0.05) is 18.4 Å². The van der Waals surface area contributed by atoms with Crippen molar-refractivity contribution in [2.75, 3.05) is 6.26 Å². The van der Waals surface area contributed by atoms with Crippen LogP contribution in [0.15, 0.2) is 23.4 Å². The van der Waals surface area contributed by atoms with Gasteiger partial charge in [-0.25, -0.2) is 8.86 Å². The minimum Gasteiger partial charge on any atom is -0.270 e. The Labute approximate surface area is 152 Å².